The zero-order valence-corrected chi connectivity index (χ0v) is 13.8. The van der Waals surface area contributed by atoms with Crippen LogP contribution in [0.3, 0.4) is 0 Å². The number of aromatic nitrogens is 2. The SMILES string of the molecule is CCc1ccc(NC(=O)c2cc(NCCN(C)C)ncn2)cc1. The van der Waals surface area contributed by atoms with Crippen LogP contribution in [-0.2, 0) is 6.42 Å². The summed E-state index contributed by atoms with van der Waals surface area (Å²) in [5.74, 6) is 0.403. The Morgan fingerprint density at radius 1 is 1.17 bits per heavy atom. The molecule has 23 heavy (non-hydrogen) atoms. The molecule has 1 heterocycles. The van der Waals surface area contributed by atoms with Crippen LogP contribution < -0.4 is 10.6 Å². The van der Waals surface area contributed by atoms with E-state index >= 15 is 0 Å². The predicted molar refractivity (Wildman–Crippen MR) is 92.8 cm³/mol. The van der Waals surface area contributed by atoms with Crippen molar-refractivity contribution in [2.75, 3.05) is 37.8 Å². The van der Waals surface area contributed by atoms with Crippen LogP contribution in [-0.4, -0.2) is 48.0 Å². The number of anilines is 2. The minimum Gasteiger partial charge on any atom is -0.369 e. The molecule has 0 unspecified atom stereocenters. The lowest BCUT2D eigenvalue weighted by Crippen LogP contribution is -2.21. The second-order valence-electron chi connectivity index (χ2n) is 5.52. The quantitative estimate of drug-likeness (QED) is 0.820. The average Bonchev–Trinajstić information content (AvgIpc) is 2.55. The van der Waals surface area contributed by atoms with Crippen molar-refractivity contribution in [2.24, 2.45) is 0 Å². The summed E-state index contributed by atoms with van der Waals surface area (Å²) in [7, 11) is 4.01. The number of benzene rings is 1. The van der Waals surface area contributed by atoms with E-state index in [-0.39, 0.29) is 5.91 Å². The Kier molecular flexibility index (Phi) is 6.05. The molecule has 2 rings (SSSR count). The molecule has 1 aromatic heterocycles. The van der Waals surface area contributed by atoms with Crippen molar-refractivity contribution >= 4 is 17.4 Å². The van der Waals surface area contributed by atoms with Gasteiger partial charge in [-0.15, -0.1) is 0 Å². The van der Waals surface area contributed by atoms with Crippen LogP contribution >= 0.6 is 0 Å². The Balaban J connectivity index is 1.98. The molecule has 1 amide bonds. The molecular weight excluding hydrogens is 290 g/mol. The molecule has 0 spiro atoms. The van der Waals surface area contributed by atoms with Gasteiger partial charge in [0.05, 0.1) is 0 Å². The second kappa shape index (κ2) is 8.24. The van der Waals surface area contributed by atoms with Gasteiger partial charge >= 0.3 is 0 Å². The van der Waals surface area contributed by atoms with Crippen LogP contribution in [0.1, 0.15) is 23.0 Å². The van der Waals surface area contributed by atoms with Crippen LogP contribution in [0.5, 0.6) is 0 Å². The van der Waals surface area contributed by atoms with Crippen LogP contribution in [0.25, 0.3) is 0 Å². The Labute approximate surface area is 137 Å². The fraction of sp³-hybridized carbons (Fsp3) is 0.353. The second-order valence-corrected chi connectivity index (χ2v) is 5.52. The molecule has 0 aliphatic carbocycles. The fourth-order valence-electron chi connectivity index (χ4n) is 2.00. The van der Waals surface area contributed by atoms with E-state index in [4.69, 9.17) is 0 Å². The monoisotopic (exact) mass is 313 g/mol. The highest BCUT2D eigenvalue weighted by Gasteiger charge is 2.09. The number of hydrogen-bond donors (Lipinski definition) is 2. The predicted octanol–water partition coefficient (Wildman–Crippen LogP) is 2.26. The highest BCUT2D eigenvalue weighted by molar-refractivity contribution is 6.03. The normalized spacial score (nSPS) is 10.6. The molecule has 2 aromatic rings. The smallest absolute Gasteiger partial charge is 0.274 e. The van der Waals surface area contributed by atoms with Crippen LogP contribution in [0, 0.1) is 0 Å². The van der Waals surface area contributed by atoms with Crippen molar-refractivity contribution in [3.63, 3.8) is 0 Å². The summed E-state index contributed by atoms with van der Waals surface area (Å²) >= 11 is 0. The molecule has 0 aliphatic heterocycles. The van der Waals surface area contributed by atoms with E-state index in [9.17, 15) is 4.79 Å². The molecule has 2 N–H and O–H groups in total. The van der Waals surface area contributed by atoms with Gasteiger partial charge in [0, 0.05) is 24.8 Å². The Hall–Kier alpha value is -2.47. The third-order valence-electron chi connectivity index (χ3n) is 3.38. The van der Waals surface area contributed by atoms with Crippen molar-refractivity contribution in [3.05, 3.63) is 47.9 Å². The zero-order valence-electron chi connectivity index (χ0n) is 13.8. The molecule has 0 bridgehead atoms. The van der Waals surface area contributed by atoms with Gasteiger partial charge in [0.25, 0.3) is 5.91 Å². The molecule has 0 aliphatic rings. The number of nitrogens with zero attached hydrogens (tertiary/aromatic N) is 3. The van der Waals surface area contributed by atoms with Crippen molar-refractivity contribution < 1.29 is 4.79 Å². The number of carbonyl (C=O) groups excluding carboxylic acids is 1. The number of aryl methyl sites for hydroxylation is 1. The van der Waals surface area contributed by atoms with Crippen molar-refractivity contribution in [1.29, 1.82) is 0 Å². The Morgan fingerprint density at radius 2 is 1.91 bits per heavy atom. The lowest BCUT2D eigenvalue weighted by atomic mass is 10.1. The van der Waals surface area contributed by atoms with Crippen LogP contribution in [0.2, 0.25) is 0 Å². The number of amides is 1. The topological polar surface area (TPSA) is 70.2 Å². The van der Waals surface area contributed by atoms with E-state index in [1.807, 2.05) is 38.4 Å². The van der Waals surface area contributed by atoms with E-state index in [0.29, 0.717) is 11.5 Å². The molecule has 0 radical (unpaired) electrons. The van der Waals surface area contributed by atoms with Gasteiger partial charge in [-0.05, 0) is 38.2 Å². The largest absolute Gasteiger partial charge is 0.369 e. The maximum absolute atomic E-state index is 12.3. The summed E-state index contributed by atoms with van der Waals surface area (Å²) in [6, 6.07) is 9.46. The van der Waals surface area contributed by atoms with E-state index in [2.05, 4.69) is 32.4 Å². The molecule has 0 saturated heterocycles. The zero-order chi connectivity index (χ0) is 16.7. The minimum absolute atomic E-state index is 0.243. The summed E-state index contributed by atoms with van der Waals surface area (Å²) in [4.78, 5) is 22.5. The first kappa shape index (κ1) is 16.9. The van der Waals surface area contributed by atoms with Gasteiger partial charge in [0.1, 0.15) is 17.8 Å². The number of nitrogens with one attached hydrogen (secondary N) is 2. The van der Waals surface area contributed by atoms with Gasteiger partial charge in [-0.2, -0.15) is 0 Å². The third kappa shape index (κ3) is 5.34. The van der Waals surface area contributed by atoms with E-state index in [1.165, 1.54) is 11.9 Å². The fourth-order valence-corrected chi connectivity index (χ4v) is 2.00. The number of carbonyl (C=O) groups is 1. The lowest BCUT2D eigenvalue weighted by Gasteiger charge is -2.11. The number of likely N-dealkylation sites (N-methyl/N-ethyl adjacent to an activating group) is 1. The molecule has 0 atom stereocenters. The van der Waals surface area contributed by atoms with Gasteiger partial charge in [0.15, 0.2) is 0 Å². The molecule has 6 heteroatoms. The standard InChI is InChI=1S/C17H23N5O/c1-4-13-5-7-14(8-6-13)21-17(23)15-11-16(20-12-19-15)18-9-10-22(2)3/h5-8,11-12H,4,9-10H2,1-3H3,(H,21,23)(H,18,19,20). The number of rotatable bonds is 7. The van der Waals surface area contributed by atoms with Crippen LogP contribution in [0.4, 0.5) is 11.5 Å². The summed E-state index contributed by atoms with van der Waals surface area (Å²) in [6.45, 7) is 3.73. The van der Waals surface area contributed by atoms with Crippen molar-refractivity contribution in [1.82, 2.24) is 14.9 Å². The maximum atomic E-state index is 12.3. The van der Waals surface area contributed by atoms with Crippen molar-refractivity contribution in [3.8, 4) is 0 Å². The highest BCUT2D eigenvalue weighted by atomic mass is 16.1. The summed E-state index contributed by atoms with van der Waals surface area (Å²) in [6.07, 6.45) is 2.37. The van der Waals surface area contributed by atoms with Crippen molar-refractivity contribution in [2.45, 2.75) is 13.3 Å². The summed E-state index contributed by atoms with van der Waals surface area (Å²) in [5.41, 5.74) is 2.33. The first-order chi connectivity index (χ1) is 11.1. The summed E-state index contributed by atoms with van der Waals surface area (Å²) < 4.78 is 0. The molecule has 0 fully saturated rings. The lowest BCUT2D eigenvalue weighted by molar-refractivity contribution is 0.102. The first-order valence-electron chi connectivity index (χ1n) is 7.69. The molecule has 6 nitrogen and oxygen atoms in total. The Morgan fingerprint density at radius 3 is 2.57 bits per heavy atom. The first-order valence-corrected chi connectivity index (χ1v) is 7.69. The number of hydrogen-bond acceptors (Lipinski definition) is 5. The van der Waals surface area contributed by atoms with Crippen LogP contribution in [0.15, 0.2) is 36.7 Å². The third-order valence-corrected chi connectivity index (χ3v) is 3.38. The van der Waals surface area contributed by atoms with E-state index in [0.717, 1.165) is 25.2 Å². The maximum Gasteiger partial charge on any atom is 0.274 e. The summed E-state index contributed by atoms with van der Waals surface area (Å²) in [5, 5.41) is 6.02. The Bertz CT molecular complexity index is 640. The molecule has 1 aromatic carbocycles. The van der Waals surface area contributed by atoms with Gasteiger partial charge in [0.2, 0.25) is 0 Å². The van der Waals surface area contributed by atoms with E-state index in [1.54, 1.807) is 6.07 Å². The van der Waals surface area contributed by atoms with Gasteiger partial charge < -0.3 is 15.5 Å². The van der Waals surface area contributed by atoms with Gasteiger partial charge in [-0.25, -0.2) is 9.97 Å². The minimum atomic E-state index is -0.243. The van der Waals surface area contributed by atoms with E-state index < -0.39 is 0 Å². The average molecular weight is 313 g/mol. The molecule has 122 valence electrons. The molecular formula is C17H23N5O. The highest BCUT2D eigenvalue weighted by Crippen LogP contribution is 2.12. The molecule has 0 saturated carbocycles. The van der Waals surface area contributed by atoms with Gasteiger partial charge in [-0.3, -0.25) is 4.79 Å². The van der Waals surface area contributed by atoms with Gasteiger partial charge in [-0.1, -0.05) is 19.1 Å².